The van der Waals surface area contributed by atoms with Gasteiger partial charge >= 0.3 is 0 Å². The van der Waals surface area contributed by atoms with E-state index in [4.69, 9.17) is 0 Å². The van der Waals surface area contributed by atoms with Crippen molar-refractivity contribution in [2.45, 2.75) is 13.8 Å². The number of amides is 2. The highest BCUT2D eigenvalue weighted by Gasteiger charge is 2.21. The molecule has 0 heterocycles. The standard InChI is InChI=1S/C15H22N4O4/c1-10-6-7-12(19(22)23)15(11(10)2)16-13(20)8-18(5)9-14(21)17(3)4/h6-7H,8-9H2,1-5H3,(H,16,20)/p+1. The number of aryl methyl sites for hydroxylation is 1. The summed E-state index contributed by atoms with van der Waals surface area (Å²) in [6.07, 6.45) is 0. The summed E-state index contributed by atoms with van der Waals surface area (Å²) in [7, 11) is 5.02. The van der Waals surface area contributed by atoms with Gasteiger partial charge in [0.25, 0.3) is 17.5 Å². The number of nitrogens with zero attached hydrogens (tertiary/aromatic N) is 2. The van der Waals surface area contributed by atoms with Crippen LogP contribution in [0, 0.1) is 24.0 Å². The van der Waals surface area contributed by atoms with E-state index in [9.17, 15) is 19.7 Å². The molecule has 0 bridgehead atoms. The molecule has 0 saturated heterocycles. The maximum atomic E-state index is 12.1. The van der Waals surface area contributed by atoms with E-state index in [-0.39, 0.29) is 36.3 Å². The van der Waals surface area contributed by atoms with E-state index in [0.717, 1.165) is 5.56 Å². The molecule has 1 rings (SSSR count). The number of nitrogens with one attached hydrogen (secondary N) is 2. The van der Waals surface area contributed by atoms with Gasteiger partial charge in [-0.05, 0) is 25.0 Å². The molecule has 1 unspecified atom stereocenters. The second-order valence-electron chi connectivity index (χ2n) is 5.81. The smallest absolute Gasteiger partial charge is 0.293 e. The summed E-state index contributed by atoms with van der Waals surface area (Å²) < 4.78 is 0. The van der Waals surface area contributed by atoms with E-state index in [2.05, 4.69) is 5.32 Å². The quantitative estimate of drug-likeness (QED) is 0.557. The van der Waals surface area contributed by atoms with E-state index < -0.39 is 4.92 Å². The van der Waals surface area contributed by atoms with Crippen LogP contribution < -0.4 is 10.2 Å². The Bertz CT molecular complexity index is 628. The molecule has 0 aromatic heterocycles. The summed E-state index contributed by atoms with van der Waals surface area (Å²) in [5.41, 5.74) is 1.60. The van der Waals surface area contributed by atoms with Crippen molar-refractivity contribution in [3.63, 3.8) is 0 Å². The Balaban J connectivity index is 2.84. The van der Waals surface area contributed by atoms with Gasteiger partial charge in [0.2, 0.25) is 0 Å². The van der Waals surface area contributed by atoms with Crippen LogP contribution in [0.1, 0.15) is 11.1 Å². The van der Waals surface area contributed by atoms with Gasteiger partial charge in [-0.1, -0.05) is 6.07 Å². The van der Waals surface area contributed by atoms with Gasteiger partial charge < -0.3 is 15.1 Å². The third-order valence-electron chi connectivity index (χ3n) is 3.59. The number of carbonyl (C=O) groups is 2. The van der Waals surface area contributed by atoms with Gasteiger partial charge in [-0.15, -0.1) is 0 Å². The number of hydrogen-bond acceptors (Lipinski definition) is 4. The van der Waals surface area contributed by atoms with Crippen molar-refractivity contribution in [3.05, 3.63) is 33.4 Å². The van der Waals surface area contributed by atoms with Crippen molar-refractivity contribution >= 4 is 23.2 Å². The van der Waals surface area contributed by atoms with Crippen LogP contribution in [0.2, 0.25) is 0 Å². The second-order valence-corrected chi connectivity index (χ2v) is 5.81. The molecule has 0 fully saturated rings. The maximum absolute atomic E-state index is 12.1. The summed E-state index contributed by atoms with van der Waals surface area (Å²) in [6, 6.07) is 3.03. The highest BCUT2D eigenvalue weighted by molar-refractivity contribution is 5.95. The van der Waals surface area contributed by atoms with Gasteiger partial charge in [0, 0.05) is 20.2 Å². The molecule has 1 atom stereocenters. The fraction of sp³-hybridized carbons (Fsp3) is 0.467. The number of carbonyl (C=O) groups excluding carboxylic acids is 2. The first-order valence-electron chi connectivity index (χ1n) is 7.19. The molecule has 0 saturated carbocycles. The molecule has 1 aromatic carbocycles. The zero-order valence-electron chi connectivity index (χ0n) is 14.1. The Morgan fingerprint density at radius 2 is 1.87 bits per heavy atom. The normalized spacial score (nSPS) is 11.7. The summed E-state index contributed by atoms with van der Waals surface area (Å²) in [4.78, 5) is 36.5. The Morgan fingerprint density at radius 3 is 2.39 bits per heavy atom. The average Bonchev–Trinajstić information content (AvgIpc) is 2.43. The van der Waals surface area contributed by atoms with Crippen LogP contribution in [-0.4, -0.2) is 55.9 Å². The largest absolute Gasteiger partial charge is 0.344 e. The topological polar surface area (TPSA) is 97.0 Å². The summed E-state index contributed by atoms with van der Waals surface area (Å²) in [5.74, 6) is -0.459. The van der Waals surface area contributed by atoms with Crippen molar-refractivity contribution in [3.8, 4) is 0 Å². The zero-order chi connectivity index (χ0) is 17.7. The van der Waals surface area contributed by atoms with Crippen molar-refractivity contribution < 1.29 is 19.4 Å². The van der Waals surface area contributed by atoms with E-state index >= 15 is 0 Å². The maximum Gasteiger partial charge on any atom is 0.293 e. The number of quaternary nitrogens is 1. The highest BCUT2D eigenvalue weighted by Crippen LogP contribution is 2.29. The van der Waals surface area contributed by atoms with E-state index in [1.54, 1.807) is 34.1 Å². The minimum atomic E-state index is -0.520. The number of hydrogen-bond donors (Lipinski definition) is 2. The van der Waals surface area contributed by atoms with Crippen LogP contribution >= 0.6 is 0 Å². The molecular formula is C15H23N4O4+. The minimum Gasteiger partial charge on any atom is -0.344 e. The molecule has 8 nitrogen and oxygen atoms in total. The monoisotopic (exact) mass is 323 g/mol. The van der Waals surface area contributed by atoms with Crippen LogP contribution in [-0.2, 0) is 9.59 Å². The molecule has 126 valence electrons. The van der Waals surface area contributed by atoms with E-state index in [1.807, 2.05) is 6.92 Å². The van der Waals surface area contributed by atoms with Gasteiger partial charge in [0.05, 0.1) is 12.0 Å². The van der Waals surface area contributed by atoms with Crippen LogP contribution in [0.3, 0.4) is 0 Å². The van der Waals surface area contributed by atoms with E-state index in [0.29, 0.717) is 10.5 Å². The van der Waals surface area contributed by atoms with Gasteiger partial charge in [-0.3, -0.25) is 19.7 Å². The molecule has 0 radical (unpaired) electrons. The lowest BCUT2D eigenvalue weighted by Gasteiger charge is -2.17. The van der Waals surface area contributed by atoms with Gasteiger partial charge in [-0.2, -0.15) is 0 Å². The Morgan fingerprint density at radius 1 is 1.26 bits per heavy atom. The fourth-order valence-corrected chi connectivity index (χ4v) is 2.05. The number of nitro benzene ring substituents is 1. The summed E-state index contributed by atoms with van der Waals surface area (Å²) >= 11 is 0. The summed E-state index contributed by atoms with van der Waals surface area (Å²) in [5, 5.41) is 13.7. The fourth-order valence-electron chi connectivity index (χ4n) is 2.05. The van der Waals surface area contributed by atoms with Crippen molar-refractivity contribution in [2.75, 3.05) is 39.5 Å². The lowest BCUT2D eigenvalue weighted by molar-refractivity contribution is -0.862. The lowest BCUT2D eigenvalue weighted by atomic mass is 10.1. The van der Waals surface area contributed by atoms with Crippen LogP contribution in [0.4, 0.5) is 11.4 Å². The molecule has 23 heavy (non-hydrogen) atoms. The first kappa shape index (κ1) is 18.6. The molecule has 2 amide bonds. The molecule has 0 aliphatic carbocycles. The third-order valence-corrected chi connectivity index (χ3v) is 3.59. The summed E-state index contributed by atoms with van der Waals surface area (Å²) in [6.45, 7) is 3.77. The Labute approximate surface area is 135 Å². The molecule has 0 spiro atoms. The number of benzene rings is 1. The number of nitro groups is 1. The predicted molar refractivity (Wildman–Crippen MR) is 86.5 cm³/mol. The SMILES string of the molecule is Cc1ccc([N+](=O)[O-])c(NC(=O)C[NH+](C)CC(=O)N(C)C)c1C. The predicted octanol–water partition coefficient (Wildman–Crippen LogP) is -0.247. The van der Waals surface area contributed by atoms with Gasteiger partial charge in [0.15, 0.2) is 13.1 Å². The number of rotatable bonds is 6. The second kappa shape index (κ2) is 7.68. The zero-order valence-corrected chi connectivity index (χ0v) is 14.1. The van der Waals surface area contributed by atoms with E-state index in [1.165, 1.54) is 11.0 Å². The molecule has 8 heteroatoms. The van der Waals surface area contributed by atoms with Gasteiger partial charge in [-0.25, -0.2) is 0 Å². The van der Waals surface area contributed by atoms with Gasteiger partial charge in [0.1, 0.15) is 5.69 Å². The van der Waals surface area contributed by atoms with Crippen molar-refractivity contribution in [2.24, 2.45) is 0 Å². The highest BCUT2D eigenvalue weighted by atomic mass is 16.6. The lowest BCUT2D eigenvalue weighted by Crippen LogP contribution is -3.11. The molecule has 0 aliphatic heterocycles. The van der Waals surface area contributed by atoms with Crippen LogP contribution in [0.25, 0.3) is 0 Å². The Hall–Kier alpha value is -2.48. The molecule has 2 N–H and O–H groups in total. The van der Waals surface area contributed by atoms with Crippen molar-refractivity contribution in [1.29, 1.82) is 0 Å². The number of anilines is 1. The van der Waals surface area contributed by atoms with Crippen molar-refractivity contribution in [1.82, 2.24) is 4.90 Å². The average molecular weight is 323 g/mol. The molecule has 0 aliphatic rings. The minimum absolute atomic E-state index is 0.0458. The van der Waals surface area contributed by atoms with Crippen LogP contribution in [0.15, 0.2) is 12.1 Å². The number of likely N-dealkylation sites (N-methyl/N-ethyl adjacent to an activating group) is 2. The molecule has 1 aromatic rings. The van der Waals surface area contributed by atoms with Crippen LogP contribution in [0.5, 0.6) is 0 Å². The molecular weight excluding hydrogens is 300 g/mol. The third kappa shape index (κ3) is 5.03. The first-order valence-corrected chi connectivity index (χ1v) is 7.19. The Kier molecular flexibility index (Phi) is 6.20. The first-order chi connectivity index (χ1) is 10.6.